The second kappa shape index (κ2) is 11.1. The molecule has 0 aromatic heterocycles. The van der Waals surface area contributed by atoms with Crippen LogP contribution >= 0.6 is 11.6 Å². The summed E-state index contributed by atoms with van der Waals surface area (Å²) < 4.78 is 52.7. The van der Waals surface area contributed by atoms with Crippen molar-refractivity contribution in [2.45, 2.75) is 56.5 Å². The molecule has 2 aliphatic rings. The molecule has 1 fully saturated rings. The summed E-state index contributed by atoms with van der Waals surface area (Å²) in [7, 11) is 0. The third kappa shape index (κ3) is 5.44. The van der Waals surface area contributed by atoms with Crippen LogP contribution in [0.3, 0.4) is 0 Å². The van der Waals surface area contributed by atoms with Gasteiger partial charge in [0, 0.05) is 40.7 Å². The summed E-state index contributed by atoms with van der Waals surface area (Å²) in [6, 6.07) is 15.0. The standard InChI is InChI=1S/C29H28ClF3N2O4/c30-21-11-13-22-20(24(21)25-19(27(34)37)10-12-23(26(25)31)38-28(32)33)14-29(39-22,16-4-2-1-3-5-16)15-35-17-6-8-18(36)9-7-17/h1-5,10-13,17-18,28,35-36H,6-9,14-15H2,(H2,34,37)/t17-,18+,29-/m1/s1. The molecule has 0 bridgehead atoms. The van der Waals surface area contributed by atoms with Crippen molar-refractivity contribution in [3.05, 3.63) is 82.1 Å². The topological polar surface area (TPSA) is 93.8 Å². The number of primary amides is 1. The number of aliphatic hydroxyl groups excluding tert-OH is 1. The Morgan fingerprint density at radius 2 is 1.82 bits per heavy atom. The van der Waals surface area contributed by atoms with Gasteiger partial charge in [-0.3, -0.25) is 4.79 Å². The molecule has 1 atom stereocenters. The number of hydrogen-bond donors (Lipinski definition) is 3. The number of carbonyl (C=O) groups is 1. The molecule has 39 heavy (non-hydrogen) atoms. The minimum atomic E-state index is -3.27. The van der Waals surface area contributed by atoms with Crippen LogP contribution in [0.5, 0.6) is 11.5 Å². The Bertz CT molecular complexity index is 1370. The molecule has 0 spiro atoms. The molecule has 1 saturated carbocycles. The number of fused-ring (bicyclic) bond motifs is 1. The van der Waals surface area contributed by atoms with E-state index in [1.165, 1.54) is 6.07 Å². The van der Waals surface area contributed by atoms with E-state index >= 15 is 4.39 Å². The number of nitrogens with two attached hydrogens (primary N) is 1. The van der Waals surface area contributed by atoms with E-state index in [4.69, 9.17) is 22.1 Å². The fraction of sp³-hybridized carbons (Fsp3) is 0.345. The third-order valence-electron chi connectivity index (χ3n) is 7.50. The summed E-state index contributed by atoms with van der Waals surface area (Å²) in [5, 5.41) is 13.6. The van der Waals surface area contributed by atoms with E-state index in [9.17, 15) is 18.7 Å². The number of halogens is 4. The van der Waals surface area contributed by atoms with Gasteiger partial charge in [-0.15, -0.1) is 0 Å². The van der Waals surface area contributed by atoms with Crippen LogP contribution in [0.25, 0.3) is 11.1 Å². The van der Waals surface area contributed by atoms with Gasteiger partial charge in [-0.25, -0.2) is 4.39 Å². The number of aliphatic hydroxyl groups is 1. The number of carbonyl (C=O) groups excluding carboxylic acids is 1. The molecule has 0 radical (unpaired) electrons. The predicted octanol–water partition coefficient (Wildman–Crippen LogP) is 5.57. The summed E-state index contributed by atoms with van der Waals surface area (Å²) in [6.07, 6.45) is 3.02. The minimum Gasteiger partial charge on any atom is -0.481 e. The van der Waals surface area contributed by atoms with Gasteiger partial charge < -0.3 is 25.6 Å². The van der Waals surface area contributed by atoms with E-state index in [-0.39, 0.29) is 40.3 Å². The van der Waals surface area contributed by atoms with Crippen LogP contribution in [0.15, 0.2) is 54.6 Å². The van der Waals surface area contributed by atoms with Crippen molar-refractivity contribution in [3.63, 3.8) is 0 Å². The van der Waals surface area contributed by atoms with Crippen LogP contribution in [0.1, 0.15) is 47.2 Å². The normalized spacial score (nSPS) is 22.4. The molecule has 1 aliphatic heterocycles. The molecule has 3 aromatic rings. The molecule has 5 rings (SSSR count). The zero-order chi connectivity index (χ0) is 27.7. The van der Waals surface area contributed by atoms with Crippen LogP contribution in [0.4, 0.5) is 13.2 Å². The van der Waals surface area contributed by atoms with Crippen molar-refractivity contribution in [2.24, 2.45) is 5.73 Å². The van der Waals surface area contributed by atoms with Gasteiger partial charge in [-0.2, -0.15) is 8.78 Å². The Hall–Kier alpha value is -3.27. The van der Waals surface area contributed by atoms with Crippen LogP contribution in [0, 0.1) is 5.82 Å². The van der Waals surface area contributed by atoms with Crippen LogP contribution in [-0.2, 0) is 12.0 Å². The van der Waals surface area contributed by atoms with Gasteiger partial charge in [0.15, 0.2) is 17.2 Å². The Kier molecular flexibility index (Phi) is 7.75. The lowest BCUT2D eigenvalue weighted by atomic mass is 9.84. The maximum absolute atomic E-state index is 15.7. The molecule has 1 heterocycles. The van der Waals surface area contributed by atoms with Crippen molar-refractivity contribution in [1.82, 2.24) is 5.32 Å². The fourth-order valence-electron chi connectivity index (χ4n) is 5.56. The second-order valence-corrected chi connectivity index (χ2v) is 10.4. The number of benzene rings is 3. The maximum atomic E-state index is 15.7. The molecule has 0 unspecified atom stereocenters. The zero-order valence-electron chi connectivity index (χ0n) is 20.9. The summed E-state index contributed by atoms with van der Waals surface area (Å²) in [5.74, 6) is -2.42. The molecule has 6 nitrogen and oxygen atoms in total. The van der Waals surface area contributed by atoms with Crippen molar-refractivity contribution in [3.8, 4) is 22.6 Å². The quantitative estimate of drug-likeness (QED) is 0.335. The first kappa shape index (κ1) is 27.3. The summed E-state index contributed by atoms with van der Waals surface area (Å²) >= 11 is 6.60. The molecular formula is C29H28ClF3N2O4. The number of nitrogens with one attached hydrogen (secondary N) is 1. The molecule has 3 aromatic carbocycles. The molecule has 4 N–H and O–H groups in total. The highest BCUT2D eigenvalue weighted by atomic mass is 35.5. The van der Waals surface area contributed by atoms with E-state index in [1.54, 1.807) is 6.07 Å². The van der Waals surface area contributed by atoms with Crippen LogP contribution < -0.4 is 20.5 Å². The molecule has 206 valence electrons. The van der Waals surface area contributed by atoms with E-state index in [0.717, 1.165) is 30.5 Å². The Labute approximate surface area is 228 Å². The molecule has 10 heteroatoms. The van der Waals surface area contributed by atoms with Crippen molar-refractivity contribution < 1.29 is 32.5 Å². The van der Waals surface area contributed by atoms with Crippen LogP contribution in [0.2, 0.25) is 5.02 Å². The SMILES string of the molecule is NC(=O)c1ccc(OC(F)F)c(F)c1-c1c(Cl)ccc2c1C[C@@](CN[C@H]1CC[C@@H](O)CC1)(c1ccccc1)O2. The Balaban J connectivity index is 1.59. The number of ether oxygens (including phenoxy) is 2. The number of alkyl halides is 2. The van der Waals surface area contributed by atoms with E-state index in [0.29, 0.717) is 30.7 Å². The Morgan fingerprint density at radius 3 is 2.49 bits per heavy atom. The Morgan fingerprint density at radius 1 is 1.10 bits per heavy atom. The van der Waals surface area contributed by atoms with E-state index in [1.807, 2.05) is 30.3 Å². The summed E-state index contributed by atoms with van der Waals surface area (Å²) in [4.78, 5) is 12.3. The predicted molar refractivity (Wildman–Crippen MR) is 141 cm³/mol. The minimum absolute atomic E-state index is 0.103. The molecule has 1 aliphatic carbocycles. The second-order valence-electron chi connectivity index (χ2n) is 9.97. The lowest BCUT2D eigenvalue weighted by molar-refractivity contribution is -0.0521. The third-order valence-corrected chi connectivity index (χ3v) is 7.81. The highest BCUT2D eigenvalue weighted by molar-refractivity contribution is 6.34. The fourth-order valence-corrected chi connectivity index (χ4v) is 5.83. The highest BCUT2D eigenvalue weighted by Gasteiger charge is 2.44. The molecular weight excluding hydrogens is 533 g/mol. The van der Waals surface area contributed by atoms with Crippen LogP contribution in [-0.4, -0.2) is 36.3 Å². The average molecular weight is 561 g/mol. The largest absolute Gasteiger partial charge is 0.481 e. The monoisotopic (exact) mass is 560 g/mol. The first-order valence-electron chi connectivity index (χ1n) is 12.7. The van der Waals surface area contributed by atoms with Gasteiger partial charge in [0.25, 0.3) is 0 Å². The highest BCUT2D eigenvalue weighted by Crippen LogP contribution is 2.49. The number of amides is 1. The van der Waals surface area contributed by atoms with Gasteiger partial charge in [0.1, 0.15) is 5.75 Å². The van der Waals surface area contributed by atoms with Crippen molar-refractivity contribution in [1.29, 1.82) is 0 Å². The van der Waals surface area contributed by atoms with Gasteiger partial charge >= 0.3 is 6.61 Å². The molecule has 1 amide bonds. The zero-order valence-corrected chi connectivity index (χ0v) is 21.7. The lowest BCUT2D eigenvalue weighted by Gasteiger charge is -2.34. The van der Waals surface area contributed by atoms with Gasteiger partial charge in [0.2, 0.25) is 5.91 Å². The van der Waals surface area contributed by atoms with Crippen molar-refractivity contribution >= 4 is 17.5 Å². The molecule has 0 saturated heterocycles. The maximum Gasteiger partial charge on any atom is 0.387 e. The average Bonchev–Trinajstić information content (AvgIpc) is 3.30. The first-order valence-corrected chi connectivity index (χ1v) is 13.1. The van der Waals surface area contributed by atoms with Crippen molar-refractivity contribution in [2.75, 3.05) is 6.54 Å². The smallest absolute Gasteiger partial charge is 0.387 e. The van der Waals surface area contributed by atoms with Gasteiger partial charge in [-0.05, 0) is 55.5 Å². The number of rotatable bonds is 8. The lowest BCUT2D eigenvalue weighted by Crippen LogP contribution is -2.46. The number of hydrogen-bond acceptors (Lipinski definition) is 5. The van der Waals surface area contributed by atoms with Gasteiger partial charge in [-0.1, -0.05) is 41.9 Å². The van der Waals surface area contributed by atoms with Gasteiger partial charge in [0.05, 0.1) is 11.7 Å². The summed E-state index contributed by atoms with van der Waals surface area (Å²) in [5.41, 5.74) is 5.64. The van der Waals surface area contributed by atoms with E-state index in [2.05, 4.69) is 10.1 Å². The summed E-state index contributed by atoms with van der Waals surface area (Å²) in [6.45, 7) is -2.87. The van der Waals surface area contributed by atoms with E-state index < -0.39 is 29.7 Å². The first-order chi connectivity index (χ1) is 18.7.